The summed E-state index contributed by atoms with van der Waals surface area (Å²) >= 11 is 2.78. The molecule has 0 aliphatic carbocycles. The van der Waals surface area contributed by atoms with E-state index >= 15 is 0 Å². The minimum Gasteiger partial charge on any atom is -0.268 e. The molecule has 31 heavy (non-hydrogen) atoms. The lowest BCUT2D eigenvalue weighted by Gasteiger charge is -2.14. The normalized spacial score (nSPS) is 16.4. The van der Waals surface area contributed by atoms with Crippen LogP contribution in [0.5, 0.6) is 0 Å². The van der Waals surface area contributed by atoms with Gasteiger partial charge in [0.2, 0.25) is 5.13 Å². The van der Waals surface area contributed by atoms with Crippen molar-refractivity contribution in [2.75, 3.05) is 4.90 Å². The fraction of sp³-hybridized carbons (Fsp3) is 0. The molecule has 7 heteroatoms. The first-order chi connectivity index (χ1) is 15.3. The summed E-state index contributed by atoms with van der Waals surface area (Å²) in [5.74, 6) is -0.125. The van der Waals surface area contributed by atoms with Gasteiger partial charge in [-0.1, -0.05) is 54.6 Å². The van der Waals surface area contributed by atoms with Crippen LogP contribution in [-0.2, 0) is 4.79 Å². The molecule has 2 aromatic heterocycles. The van der Waals surface area contributed by atoms with Crippen molar-refractivity contribution in [1.29, 1.82) is 0 Å². The van der Waals surface area contributed by atoms with Crippen LogP contribution in [0.3, 0.4) is 0 Å². The third kappa shape index (κ3) is 4.19. The Kier molecular flexibility index (Phi) is 5.43. The lowest BCUT2D eigenvalue weighted by atomic mass is 10.2. The van der Waals surface area contributed by atoms with Crippen LogP contribution >= 0.6 is 23.1 Å². The molecule has 2 aromatic carbocycles. The lowest BCUT2D eigenvalue weighted by Crippen LogP contribution is -2.28. The van der Waals surface area contributed by atoms with Crippen molar-refractivity contribution in [3.05, 3.63) is 101 Å². The summed E-state index contributed by atoms with van der Waals surface area (Å²) in [6.07, 6.45) is 3.50. The monoisotopic (exact) mass is 440 g/mol. The molecule has 0 spiro atoms. The predicted molar refractivity (Wildman–Crippen MR) is 128 cm³/mol. The smallest absolute Gasteiger partial charge is 0.268 e. The van der Waals surface area contributed by atoms with Crippen molar-refractivity contribution >= 4 is 51.1 Å². The summed E-state index contributed by atoms with van der Waals surface area (Å²) in [7, 11) is 0. The Balaban J connectivity index is 1.53. The number of anilines is 1. The molecule has 4 aromatic rings. The molecular weight excluding hydrogens is 424 g/mol. The van der Waals surface area contributed by atoms with Gasteiger partial charge in [-0.15, -0.1) is 11.3 Å². The highest BCUT2D eigenvalue weighted by atomic mass is 32.2. The van der Waals surface area contributed by atoms with Crippen LogP contribution in [-0.4, -0.2) is 21.0 Å². The number of thiazole rings is 1. The topological polar surface area (TPSA) is 58.5 Å². The van der Waals surface area contributed by atoms with Crippen LogP contribution in [0, 0.1) is 0 Å². The number of rotatable bonds is 4. The molecule has 0 bridgehead atoms. The van der Waals surface area contributed by atoms with Crippen LogP contribution in [0.2, 0.25) is 0 Å². The van der Waals surface area contributed by atoms with Crippen molar-refractivity contribution in [3.8, 4) is 11.3 Å². The van der Waals surface area contributed by atoms with Crippen molar-refractivity contribution in [1.82, 2.24) is 9.97 Å². The van der Waals surface area contributed by atoms with Crippen LogP contribution in [0.4, 0.5) is 10.8 Å². The van der Waals surface area contributed by atoms with Gasteiger partial charge in [-0.3, -0.25) is 14.7 Å². The number of pyridine rings is 1. The summed E-state index contributed by atoms with van der Waals surface area (Å²) in [5.41, 5.74) is 3.40. The third-order valence-corrected chi connectivity index (χ3v) is 6.24. The molecule has 5 rings (SSSR count). The van der Waals surface area contributed by atoms with Crippen LogP contribution in [0.25, 0.3) is 17.3 Å². The van der Waals surface area contributed by atoms with Gasteiger partial charge in [0.25, 0.3) is 5.91 Å². The second kappa shape index (κ2) is 8.67. The zero-order chi connectivity index (χ0) is 21.0. The van der Waals surface area contributed by atoms with E-state index in [0.29, 0.717) is 15.2 Å². The Hall–Kier alpha value is -3.55. The molecule has 1 aliphatic heterocycles. The first-order valence-electron chi connectivity index (χ1n) is 9.58. The molecule has 0 radical (unpaired) electrons. The van der Waals surface area contributed by atoms with E-state index < -0.39 is 0 Å². The van der Waals surface area contributed by atoms with Gasteiger partial charge in [0.1, 0.15) is 0 Å². The van der Waals surface area contributed by atoms with Gasteiger partial charge < -0.3 is 0 Å². The quantitative estimate of drug-likeness (QED) is 0.365. The standard InChI is InChI=1S/C24H16N4OS2/c29-22-21(15-18-11-7-8-14-25-18)31-24(28(22)19-12-5-2-6-13-19)27-23-26-20(16-30-23)17-9-3-1-4-10-17/h1-16H/b21-15-,27-24+. The van der Waals surface area contributed by atoms with E-state index in [4.69, 9.17) is 4.99 Å². The number of thioether (sulfide) groups is 1. The van der Waals surface area contributed by atoms with Gasteiger partial charge in [0.05, 0.1) is 22.0 Å². The predicted octanol–water partition coefficient (Wildman–Crippen LogP) is 6.01. The largest absolute Gasteiger partial charge is 0.271 e. The molecule has 150 valence electrons. The number of hydrogen-bond donors (Lipinski definition) is 0. The van der Waals surface area contributed by atoms with Crippen molar-refractivity contribution < 1.29 is 4.79 Å². The van der Waals surface area contributed by atoms with E-state index in [1.54, 1.807) is 17.2 Å². The summed E-state index contributed by atoms with van der Waals surface area (Å²) in [6.45, 7) is 0. The molecule has 5 nitrogen and oxygen atoms in total. The number of aliphatic imine (C=N–C) groups is 1. The maximum atomic E-state index is 13.2. The highest BCUT2D eigenvalue weighted by Gasteiger charge is 2.35. The maximum absolute atomic E-state index is 13.2. The van der Waals surface area contributed by atoms with E-state index in [1.165, 1.54) is 23.1 Å². The molecule has 0 unspecified atom stereocenters. The number of amides is 1. The minimum absolute atomic E-state index is 0.125. The Bertz CT molecular complexity index is 1270. The number of hydrogen-bond acceptors (Lipinski definition) is 6. The summed E-state index contributed by atoms with van der Waals surface area (Å²) < 4.78 is 0. The fourth-order valence-electron chi connectivity index (χ4n) is 3.09. The van der Waals surface area contributed by atoms with Gasteiger partial charge in [-0.2, -0.15) is 4.99 Å². The van der Waals surface area contributed by atoms with E-state index in [1.807, 2.05) is 84.2 Å². The van der Waals surface area contributed by atoms with Gasteiger partial charge in [0, 0.05) is 17.1 Å². The maximum Gasteiger partial charge on any atom is 0.271 e. The Morgan fingerprint density at radius 3 is 2.39 bits per heavy atom. The minimum atomic E-state index is -0.125. The molecule has 3 heterocycles. The highest BCUT2D eigenvalue weighted by Crippen LogP contribution is 2.38. The molecular formula is C24H16N4OS2. The zero-order valence-electron chi connectivity index (χ0n) is 16.3. The first-order valence-corrected chi connectivity index (χ1v) is 11.3. The summed E-state index contributed by atoms with van der Waals surface area (Å²) in [4.78, 5) is 29.1. The van der Waals surface area contributed by atoms with E-state index in [2.05, 4.69) is 9.97 Å². The first kappa shape index (κ1) is 19.4. The lowest BCUT2D eigenvalue weighted by molar-refractivity contribution is -0.113. The van der Waals surface area contributed by atoms with Crippen LogP contribution in [0.1, 0.15) is 5.69 Å². The molecule has 0 saturated carbocycles. The molecule has 0 atom stereocenters. The summed E-state index contributed by atoms with van der Waals surface area (Å²) in [5, 5.41) is 3.16. The zero-order valence-corrected chi connectivity index (χ0v) is 17.9. The number of benzene rings is 2. The molecule has 1 amide bonds. The summed E-state index contributed by atoms with van der Waals surface area (Å²) in [6, 6.07) is 25.1. The Labute approximate surface area is 187 Å². The van der Waals surface area contributed by atoms with Crippen LogP contribution < -0.4 is 4.90 Å². The molecule has 1 fully saturated rings. The number of carbonyl (C=O) groups excluding carboxylic acids is 1. The fourth-order valence-corrected chi connectivity index (χ4v) is 4.81. The second-order valence-corrected chi connectivity index (χ2v) is 8.46. The average molecular weight is 441 g/mol. The van der Waals surface area contributed by atoms with Crippen molar-refractivity contribution in [2.45, 2.75) is 0 Å². The molecule has 0 N–H and O–H groups in total. The number of nitrogens with zero attached hydrogens (tertiary/aromatic N) is 4. The average Bonchev–Trinajstić information content (AvgIpc) is 3.40. The van der Waals surface area contributed by atoms with E-state index in [0.717, 1.165) is 22.6 Å². The van der Waals surface area contributed by atoms with E-state index in [9.17, 15) is 4.79 Å². The number of carbonyl (C=O) groups is 1. The third-order valence-electron chi connectivity index (χ3n) is 4.54. The van der Waals surface area contributed by atoms with Gasteiger partial charge in [-0.25, -0.2) is 4.98 Å². The van der Waals surface area contributed by atoms with Crippen molar-refractivity contribution in [3.63, 3.8) is 0 Å². The number of para-hydroxylation sites is 1. The van der Waals surface area contributed by atoms with E-state index in [-0.39, 0.29) is 5.91 Å². The SMILES string of the molecule is O=C1/C(=C/c2ccccn2)S/C(=N/c2nc(-c3ccccc3)cs2)N1c1ccccc1. The Morgan fingerprint density at radius 1 is 0.903 bits per heavy atom. The van der Waals surface area contributed by atoms with Crippen molar-refractivity contribution in [2.24, 2.45) is 4.99 Å². The molecule has 1 saturated heterocycles. The second-order valence-electron chi connectivity index (χ2n) is 6.62. The highest BCUT2D eigenvalue weighted by molar-refractivity contribution is 8.19. The Morgan fingerprint density at radius 2 is 1.65 bits per heavy atom. The molecule has 1 aliphatic rings. The van der Waals surface area contributed by atoms with Gasteiger partial charge in [-0.05, 0) is 42.1 Å². The van der Waals surface area contributed by atoms with Gasteiger partial charge in [0.15, 0.2) is 5.17 Å². The van der Waals surface area contributed by atoms with Crippen LogP contribution in [0.15, 0.2) is 100 Å². The number of amidine groups is 1. The number of aromatic nitrogens is 2. The van der Waals surface area contributed by atoms with Gasteiger partial charge >= 0.3 is 0 Å².